The SMILES string of the molecule is CCCCNC(=O)CCCCCNC(=O)CCc1ccc(O)c(CN(CCN(CC(=O)O)Cc2cc(CCC(=O)NC(C)C(=O)O)ccc2O)CC(=O)O)c1. The van der Waals surface area contributed by atoms with Gasteiger partial charge in [0.05, 0.1) is 13.1 Å². The summed E-state index contributed by atoms with van der Waals surface area (Å²) < 4.78 is 0. The van der Waals surface area contributed by atoms with Crippen LogP contribution in [0.25, 0.3) is 0 Å². The van der Waals surface area contributed by atoms with Crippen LogP contribution >= 0.6 is 0 Å². The third kappa shape index (κ3) is 19.6. The lowest BCUT2D eigenvalue weighted by Gasteiger charge is -2.26. The van der Waals surface area contributed by atoms with Crippen molar-refractivity contribution >= 4 is 35.6 Å². The summed E-state index contributed by atoms with van der Waals surface area (Å²) in [5.74, 6) is -4.13. The number of hydrogen-bond donors (Lipinski definition) is 8. The molecule has 304 valence electrons. The molecule has 2 rings (SSSR count). The zero-order valence-corrected chi connectivity index (χ0v) is 31.8. The fourth-order valence-corrected chi connectivity index (χ4v) is 5.70. The van der Waals surface area contributed by atoms with Crippen molar-refractivity contribution in [3.8, 4) is 11.5 Å². The number of carbonyl (C=O) groups is 6. The van der Waals surface area contributed by atoms with Gasteiger partial charge in [-0.2, -0.15) is 0 Å². The van der Waals surface area contributed by atoms with Gasteiger partial charge >= 0.3 is 17.9 Å². The highest BCUT2D eigenvalue weighted by Gasteiger charge is 2.19. The van der Waals surface area contributed by atoms with Crippen molar-refractivity contribution in [2.45, 2.75) is 97.2 Å². The summed E-state index contributed by atoms with van der Waals surface area (Å²) in [4.78, 5) is 74.0. The third-order valence-corrected chi connectivity index (χ3v) is 8.81. The maximum atomic E-state index is 12.5. The molecule has 16 heteroatoms. The normalized spacial score (nSPS) is 11.6. The van der Waals surface area contributed by atoms with Crippen molar-refractivity contribution in [2.75, 3.05) is 39.3 Å². The van der Waals surface area contributed by atoms with Crippen LogP contribution in [0, 0.1) is 0 Å². The van der Waals surface area contributed by atoms with Gasteiger partial charge in [-0.25, -0.2) is 0 Å². The summed E-state index contributed by atoms with van der Waals surface area (Å²) in [6, 6.07) is 8.52. The third-order valence-electron chi connectivity index (χ3n) is 8.81. The quantitative estimate of drug-likeness (QED) is 0.0581. The lowest BCUT2D eigenvalue weighted by atomic mass is 10.0. The lowest BCUT2D eigenvalue weighted by molar-refractivity contribution is -0.141. The number of phenolic OH excluding ortho intramolecular Hbond substituents is 2. The van der Waals surface area contributed by atoms with E-state index in [0.717, 1.165) is 37.7 Å². The first-order valence-electron chi connectivity index (χ1n) is 18.7. The predicted octanol–water partition coefficient (Wildman–Crippen LogP) is 2.62. The first-order chi connectivity index (χ1) is 26.2. The molecule has 0 spiro atoms. The number of carbonyl (C=O) groups excluding carboxylic acids is 3. The average molecular weight is 772 g/mol. The number of hydrogen-bond acceptors (Lipinski definition) is 10. The number of rotatable bonds is 28. The van der Waals surface area contributed by atoms with Gasteiger partial charge in [-0.3, -0.25) is 38.6 Å². The molecule has 0 radical (unpaired) electrons. The molecule has 0 saturated carbocycles. The monoisotopic (exact) mass is 771 g/mol. The fraction of sp³-hybridized carbons (Fsp3) is 0.538. The number of aliphatic carboxylic acids is 3. The van der Waals surface area contributed by atoms with Gasteiger partial charge in [0.2, 0.25) is 17.7 Å². The Morgan fingerprint density at radius 2 is 1.11 bits per heavy atom. The van der Waals surface area contributed by atoms with Crippen LogP contribution in [0.2, 0.25) is 0 Å². The van der Waals surface area contributed by atoms with E-state index in [1.165, 1.54) is 24.0 Å². The molecule has 8 N–H and O–H groups in total. The van der Waals surface area contributed by atoms with E-state index in [1.807, 2.05) is 0 Å². The molecule has 2 aromatic carbocycles. The van der Waals surface area contributed by atoms with Crippen LogP contribution in [0.4, 0.5) is 0 Å². The molecule has 1 atom stereocenters. The van der Waals surface area contributed by atoms with Crippen LogP contribution in [-0.2, 0) is 54.7 Å². The summed E-state index contributed by atoms with van der Waals surface area (Å²) in [6.07, 6.45) is 5.60. The van der Waals surface area contributed by atoms with E-state index in [9.17, 15) is 49.2 Å². The molecule has 2 aromatic rings. The number of carboxylic acids is 3. The van der Waals surface area contributed by atoms with Crippen LogP contribution in [0.3, 0.4) is 0 Å². The van der Waals surface area contributed by atoms with Gasteiger partial charge in [0.15, 0.2) is 0 Å². The maximum absolute atomic E-state index is 12.5. The molecule has 1 unspecified atom stereocenters. The molecule has 0 aliphatic carbocycles. The number of carboxylic acid groups (broad SMARTS) is 3. The van der Waals surface area contributed by atoms with Crippen LogP contribution in [0.5, 0.6) is 11.5 Å². The van der Waals surface area contributed by atoms with Crippen LogP contribution in [-0.4, -0.2) is 116 Å². The first-order valence-corrected chi connectivity index (χ1v) is 18.7. The molecule has 0 bridgehead atoms. The minimum Gasteiger partial charge on any atom is -0.508 e. The minimum atomic E-state index is -1.16. The average Bonchev–Trinajstić information content (AvgIpc) is 3.12. The van der Waals surface area contributed by atoms with Gasteiger partial charge in [0.1, 0.15) is 17.5 Å². The highest BCUT2D eigenvalue weighted by molar-refractivity contribution is 5.83. The Balaban J connectivity index is 1.96. The molecule has 3 amide bonds. The zero-order valence-electron chi connectivity index (χ0n) is 31.8. The number of unbranched alkanes of at least 4 members (excludes halogenated alkanes) is 3. The molecule has 0 aliphatic heterocycles. The number of benzene rings is 2. The van der Waals surface area contributed by atoms with E-state index in [4.69, 9.17) is 5.11 Å². The van der Waals surface area contributed by atoms with Crippen molar-refractivity contribution < 1.29 is 54.3 Å². The van der Waals surface area contributed by atoms with Crippen LogP contribution in [0.1, 0.15) is 87.5 Å². The maximum Gasteiger partial charge on any atom is 0.325 e. The van der Waals surface area contributed by atoms with Gasteiger partial charge in [-0.1, -0.05) is 44.0 Å². The van der Waals surface area contributed by atoms with Crippen molar-refractivity contribution in [3.05, 3.63) is 58.7 Å². The molecule has 0 fully saturated rings. The Kier molecular flexibility index (Phi) is 20.9. The second-order valence-corrected chi connectivity index (χ2v) is 13.6. The summed E-state index contributed by atoms with van der Waals surface area (Å²) in [5.41, 5.74) is 2.26. The summed E-state index contributed by atoms with van der Waals surface area (Å²) >= 11 is 0. The van der Waals surface area contributed by atoms with Gasteiger partial charge in [0, 0.05) is 69.7 Å². The number of nitrogens with one attached hydrogen (secondary N) is 3. The van der Waals surface area contributed by atoms with E-state index in [1.54, 1.807) is 29.2 Å². The van der Waals surface area contributed by atoms with E-state index < -0.39 is 42.9 Å². The minimum absolute atomic E-state index is 0.00527. The molecule has 0 heterocycles. The van der Waals surface area contributed by atoms with E-state index in [0.29, 0.717) is 42.6 Å². The van der Waals surface area contributed by atoms with Gasteiger partial charge in [-0.15, -0.1) is 0 Å². The van der Waals surface area contributed by atoms with Crippen molar-refractivity contribution in [3.63, 3.8) is 0 Å². The van der Waals surface area contributed by atoms with Gasteiger partial charge in [-0.05, 0) is 62.3 Å². The number of nitrogens with zero attached hydrogens (tertiary/aromatic N) is 2. The van der Waals surface area contributed by atoms with E-state index in [-0.39, 0.29) is 68.8 Å². The molecule has 0 saturated heterocycles. The molecule has 0 aliphatic rings. The van der Waals surface area contributed by atoms with Gasteiger partial charge in [0.25, 0.3) is 0 Å². The highest BCUT2D eigenvalue weighted by Crippen LogP contribution is 2.23. The standard InChI is InChI=1S/C39H57N5O11/c1-3-4-17-40-34(47)8-6-5-7-18-41-35(48)15-11-28-9-13-32(45)30(21-28)23-43(25-37(50)51)19-20-44(26-38(52)53)24-31-22-29(10-14-33(31)46)12-16-36(49)42-27(2)39(54)55/h9-10,13-14,21-22,27,45-46H,3-8,11-12,15-20,23-26H2,1-2H3,(H,40,47)(H,41,48)(H,42,49)(H,50,51)(H,52,53)(H,54,55). The smallest absolute Gasteiger partial charge is 0.325 e. The Bertz CT molecular complexity index is 1590. The van der Waals surface area contributed by atoms with E-state index in [2.05, 4.69) is 22.9 Å². The van der Waals surface area contributed by atoms with Crippen molar-refractivity contribution in [1.29, 1.82) is 0 Å². The number of aromatic hydroxyl groups is 2. The Labute approximate surface area is 321 Å². The zero-order chi connectivity index (χ0) is 40.8. The van der Waals surface area contributed by atoms with Crippen LogP contribution < -0.4 is 16.0 Å². The molecule has 0 aromatic heterocycles. The number of phenols is 2. The highest BCUT2D eigenvalue weighted by atomic mass is 16.4. The number of amides is 3. The van der Waals surface area contributed by atoms with Crippen molar-refractivity contribution in [2.24, 2.45) is 0 Å². The van der Waals surface area contributed by atoms with Gasteiger partial charge < -0.3 is 41.5 Å². The second-order valence-electron chi connectivity index (χ2n) is 13.6. The van der Waals surface area contributed by atoms with Crippen LogP contribution in [0.15, 0.2) is 36.4 Å². The fourth-order valence-electron chi connectivity index (χ4n) is 5.70. The summed E-state index contributed by atoms with van der Waals surface area (Å²) in [6.45, 7) is 3.99. The Morgan fingerprint density at radius 1 is 0.636 bits per heavy atom. The Morgan fingerprint density at radius 3 is 1.58 bits per heavy atom. The first kappa shape index (κ1) is 45.9. The largest absolute Gasteiger partial charge is 0.508 e. The predicted molar refractivity (Wildman–Crippen MR) is 203 cm³/mol. The molecule has 16 nitrogen and oxygen atoms in total. The lowest BCUT2D eigenvalue weighted by Crippen LogP contribution is -2.39. The molecular formula is C39H57N5O11. The van der Waals surface area contributed by atoms with Crippen molar-refractivity contribution in [1.82, 2.24) is 25.8 Å². The molecular weight excluding hydrogens is 714 g/mol. The topological polar surface area (TPSA) is 246 Å². The number of aryl methyl sites for hydroxylation is 2. The summed E-state index contributed by atoms with van der Waals surface area (Å²) in [7, 11) is 0. The molecule has 55 heavy (non-hydrogen) atoms. The second kappa shape index (κ2) is 25.0. The Hall–Kier alpha value is -5.22. The van der Waals surface area contributed by atoms with E-state index >= 15 is 0 Å². The summed E-state index contributed by atoms with van der Waals surface area (Å²) in [5, 5.41) is 57.5.